The summed E-state index contributed by atoms with van der Waals surface area (Å²) in [5.74, 6) is 0.678. The second-order valence-corrected chi connectivity index (χ2v) is 10.7. The molecule has 3 aromatic carbocycles. The summed E-state index contributed by atoms with van der Waals surface area (Å²) in [7, 11) is -3.62. The number of nitrogens with zero attached hydrogens (tertiary/aromatic N) is 1. The van der Waals surface area contributed by atoms with Crippen molar-refractivity contribution in [3.05, 3.63) is 83.4 Å². The molecule has 3 aromatic rings. The molecule has 0 aliphatic carbocycles. The van der Waals surface area contributed by atoms with Crippen molar-refractivity contribution in [2.75, 3.05) is 22.4 Å². The van der Waals surface area contributed by atoms with Gasteiger partial charge >= 0.3 is 0 Å². The third-order valence-corrected chi connectivity index (χ3v) is 7.32. The summed E-state index contributed by atoms with van der Waals surface area (Å²) in [6.45, 7) is -0.135. The summed E-state index contributed by atoms with van der Waals surface area (Å²) < 4.78 is 31.5. The van der Waals surface area contributed by atoms with Crippen LogP contribution in [0.15, 0.2) is 77.7 Å². The SMILES string of the molecule is CS(=O)(=O)N1C[C@H](C(=O)Nc2ccc(CSc3ccccc3)cc2)Oc2ccc(Cl)cc21. The first-order valence-electron chi connectivity index (χ1n) is 9.81. The first-order chi connectivity index (χ1) is 15.3. The number of carbonyl (C=O) groups excluding carboxylic acids is 1. The summed E-state index contributed by atoms with van der Waals surface area (Å²) in [6, 6.07) is 22.3. The highest BCUT2D eigenvalue weighted by molar-refractivity contribution is 7.98. The van der Waals surface area contributed by atoms with E-state index in [9.17, 15) is 13.2 Å². The lowest BCUT2D eigenvalue weighted by Crippen LogP contribution is -2.48. The monoisotopic (exact) mass is 488 g/mol. The Labute approximate surface area is 196 Å². The topological polar surface area (TPSA) is 75.7 Å². The highest BCUT2D eigenvalue weighted by Gasteiger charge is 2.35. The Morgan fingerprint density at radius 2 is 1.84 bits per heavy atom. The fourth-order valence-electron chi connectivity index (χ4n) is 3.27. The standard InChI is InChI=1S/C23H21ClN2O4S2/c1-32(28,29)26-14-22(30-21-12-9-17(24)13-20(21)26)23(27)25-18-10-7-16(8-11-18)15-31-19-5-3-2-4-6-19/h2-13,22H,14-15H2,1H3,(H,25,27)/t22-/m1/s1. The van der Waals surface area contributed by atoms with Crippen molar-refractivity contribution in [1.82, 2.24) is 0 Å². The molecule has 1 aliphatic rings. The van der Waals surface area contributed by atoms with Gasteiger partial charge in [-0.2, -0.15) is 0 Å². The summed E-state index contributed by atoms with van der Waals surface area (Å²) in [5, 5.41) is 3.19. The number of benzene rings is 3. The second-order valence-electron chi connectivity index (χ2n) is 7.30. The minimum absolute atomic E-state index is 0.135. The third-order valence-electron chi connectivity index (χ3n) is 4.85. The molecule has 1 amide bonds. The van der Waals surface area contributed by atoms with Gasteiger partial charge in [-0.05, 0) is 48.0 Å². The number of fused-ring (bicyclic) bond motifs is 1. The van der Waals surface area contributed by atoms with Crippen LogP contribution >= 0.6 is 23.4 Å². The third kappa shape index (κ3) is 5.38. The molecule has 0 fully saturated rings. The molecule has 0 saturated carbocycles. The molecular weight excluding hydrogens is 468 g/mol. The number of rotatable bonds is 6. The maximum absolute atomic E-state index is 12.8. The van der Waals surface area contributed by atoms with Gasteiger partial charge in [0, 0.05) is 21.4 Å². The second kappa shape index (κ2) is 9.44. The van der Waals surface area contributed by atoms with Crippen molar-refractivity contribution in [2.24, 2.45) is 0 Å². The number of anilines is 2. The van der Waals surface area contributed by atoms with Crippen LogP contribution in [0.2, 0.25) is 5.02 Å². The molecule has 0 aromatic heterocycles. The van der Waals surface area contributed by atoms with Gasteiger partial charge in [-0.1, -0.05) is 41.9 Å². The maximum atomic E-state index is 12.8. The van der Waals surface area contributed by atoms with Crippen LogP contribution in [-0.4, -0.2) is 33.2 Å². The first kappa shape index (κ1) is 22.5. The Bertz CT molecular complexity index is 1220. The van der Waals surface area contributed by atoms with Crippen LogP contribution in [0.1, 0.15) is 5.56 Å². The molecule has 166 valence electrons. The van der Waals surface area contributed by atoms with E-state index in [1.807, 2.05) is 42.5 Å². The van der Waals surface area contributed by atoms with Crippen molar-refractivity contribution in [1.29, 1.82) is 0 Å². The van der Waals surface area contributed by atoms with Crippen LogP contribution in [-0.2, 0) is 20.6 Å². The Morgan fingerprint density at radius 3 is 2.53 bits per heavy atom. The maximum Gasteiger partial charge on any atom is 0.267 e. The van der Waals surface area contributed by atoms with Crippen LogP contribution in [0.25, 0.3) is 0 Å². The number of carbonyl (C=O) groups is 1. The van der Waals surface area contributed by atoms with Crippen LogP contribution in [0.5, 0.6) is 5.75 Å². The molecule has 1 atom stereocenters. The summed E-state index contributed by atoms with van der Waals surface area (Å²) in [5.41, 5.74) is 2.06. The van der Waals surface area contributed by atoms with Crippen molar-refractivity contribution < 1.29 is 17.9 Å². The number of ether oxygens (including phenoxy) is 1. The molecule has 1 heterocycles. The van der Waals surface area contributed by atoms with Gasteiger partial charge in [-0.15, -0.1) is 11.8 Å². The van der Waals surface area contributed by atoms with Crippen LogP contribution in [0.4, 0.5) is 11.4 Å². The smallest absolute Gasteiger partial charge is 0.267 e. The molecule has 1 aliphatic heterocycles. The summed E-state index contributed by atoms with van der Waals surface area (Å²) in [4.78, 5) is 14.0. The van der Waals surface area contributed by atoms with Gasteiger partial charge < -0.3 is 10.1 Å². The molecule has 0 spiro atoms. The van der Waals surface area contributed by atoms with Crippen molar-refractivity contribution >= 4 is 50.7 Å². The summed E-state index contributed by atoms with van der Waals surface area (Å²) >= 11 is 7.74. The molecule has 32 heavy (non-hydrogen) atoms. The molecule has 0 unspecified atom stereocenters. The van der Waals surface area contributed by atoms with Crippen molar-refractivity contribution in [2.45, 2.75) is 16.8 Å². The molecule has 0 radical (unpaired) electrons. The van der Waals surface area contributed by atoms with Gasteiger partial charge in [0.15, 0.2) is 6.10 Å². The number of hydrogen-bond donors (Lipinski definition) is 1. The Hall–Kier alpha value is -2.68. The summed E-state index contributed by atoms with van der Waals surface area (Å²) in [6.07, 6.45) is 0.0937. The molecule has 9 heteroatoms. The molecule has 6 nitrogen and oxygen atoms in total. The van der Waals surface area contributed by atoms with Crippen molar-refractivity contribution in [3.63, 3.8) is 0 Å². The minimum atomic E-state index is -3.62. The van der Waals surface area contributed by atoms with Gasteiger partial charge in [0.25, 0.3) is 5.91 Å². The zero-order valence-electron chi connectivity index (χ0n) is 17.2. The number of halogens is 1. The van der Waals surface area contributed by atoms with E-state index in [4.69, 9.17) is 16.3 Å². The number of hydrogen-bond acceptors (Lipinski definition) is 5. The van der Waals surface area contributed by atoms with Gasteiger partial charge in [0.1, 0.15) is 5.75 Å². The van der Waals surface area contributed by atoms with Gasteiger partial charge in [-0.25, -0.2) is 8.42 Å². The predicted molar refractivity (Wildman–Crippen MR) is 129 cm³/mol. The quantitative estimate of drug-likeness (QED) is 0.504. The lowest BCUT2D eigenvalue weighted by Gasteiger charge is -2.34. The van der Waals surface area contributed by atoms with Gasteiger partial charge in [0.2, 0.25) is 10.0 Å². The zero-order chi connectivity index (χ0) is 22.7. The van der Waals surface area contributed by atoms with Gasteiger partial charge in [0.05, 0.1) is 18.5 Å². The fraction of sp³-hybridized carbons (Fsp3) is 0.174. The largest absolute Gasteiger partial charge is 0.476 e. The Balaban J connectivity index is 1.43. The average molecular weight is 489 g/mol. The van der Waals surface area contributed by atoms with Gasteiger partial charge in [-0.3, -0.25) is 9.10 Å². The molecule has 0 bridgehead atoms. The lowest BCUT2D eigenvalue weighted by molar-refractivity contribution is -0.122. The molecule has 1 N–H and O–H groups in total. The van der Waals surface area contributed by atoms with Crippen LogP contribution in [0, 0.1) is 0 Å². The van der Waals surface area contributed by atoms with E-state index in [1.54, 1.807) is 23.9 Å². The Morgan fingerprint density at radius 1 is 1.12 bits per heavy atom. The number of nitrogens with one attached hydrogen (secondary N) is 1. The van der Waals surface area contributed by atoms with Crippen LogP contribution in [0.3, 0.4) is 0 Å². The van der Waals surface area contributed by atoms with E-state index in [0.29, 0.717) is 22.1 Å². The van der Waals surface area contributed by atoms with Crippen molar-refractivity contribution in [3.8, 4) is 5.75 Å². The van der Waals surface area contributed by atoms with E-state index in [1.165, 1.54) is 11.0 Å². The number of sulfonamides is 1. The normalized spacial score (nSPS) is 15.6. The van der Waals surface area contributed by atoms with E-state index in [2.05, 4.69) is 17.4 Å². The molecule has 0 saturated heterocycles. The fourth-order valence-corrected chi connectivity index (χ4v) is 5.21. The average Bonchev–Trinajstić information content (AvgIpc) is 2.78. The first-order valence-corrected chi connectivity index (χ1v) is 13.0. The highest BCUT2D eigenvalue weighted by Crippen LogP contribution is 2.37. The molecular formula is C23H21ClN2O4S2. The van der Waals surface area contributed by atoms with E-state index in [-0.39, 0.29) is 6.54 Å². The predicted octanol–water partition coefficient (Wildman–Crippen LogP) is 4.80. The Kier molecular flexibility index (Phi) is 6.64. The zero-order valence-corrected chi connectivity index (χ0v) is 19.6. The minimum Gasteiger partial charge on any atom is -0.476 e. The van der Waals surface area contributed by atoms with E-state index in [0.717, 1.165) is 21.9 Å². The lowest BCUT2D eigenvalue weighted by atomic mass is 10.2. The van der Waals surface area contributed by atoms with Crippen LogP contribution < -0.4 is 14.4 Å². The van der Waals surface area contributed by atoms with E-state index >= 15 is 0 Å². The number of amides is 1. The highest BCUT2D eigenvalue weighted by atomic mass is 35.5. The number of thioether (sulfide) groups is 1. The molecule has 4 rings (SSSR count). The van der Waals surface area contributed by atoms with E-state index < -0.39 is 22.0 Å².